The normalized spacial score (nSPS) is 18.1. The Kier molecular flexibility index (Phi) is 7.38. The van der Waals surface area contributed by atoms with Crippen molar-refractivity contribution in [2.45, 2.75) is 65.1 Å². The zero-order valence-electron chi connectivity index (χ0n) is 26.0. The summed E-state index contributed by atoms with van der Waals surface area (Å²) >= 11 is 0. The number of aromatic nitrogens is 1. The lowest BCUT2D eigenvalue weighted by atomic mass is 9.68. The number of hydrogen-bond acceptors (Lipinski definition) is 9. The molecule has 1 aliphatic carbocycles. The molecule has 3 aliphatic rings. The molecular weight excluding hydrogens is 540 g/mol. The number of hydrazine groups is 2. The second kappa shape index (κ2) is 10.9. The van der Waals surface area contributed by atoms with E-state index >= 15 is 0 Å². The third kappa shape index (κ3) is 5.81. The number of ether oxygens (including phenoxy) is 1. The van der Waals surface area contributed by atoms with Gasteiger partial charge in [-0.1, -0.05) is 18.6 Å². The number of nitrogen functional groups attached to an aromatic ring is 1. The number of nitrogens with two attached hydrogens (primary N) is 1. The highest BCUT2D eigenvalue weighted by Crippen LogP contribution is 2.48. The highest BCUT2D eigenvalue weighted by molar-refractivity contribution is 5.94. The summed E-state index contributed by atoms with van der Waals surface area (Å²) < 4.78 is 7.67. The molecule has 3 heterocycles. The number of carbonyl (C=O) groups is 1. The molecule has 0 radical (unpaired) electrons. The molecule has 1 saturated heterocycles. The fourth-order valence-electron chi connectivity index (χ4n) is 6.59. The molecule has 0 atom stereocenters. The summed E-state index contributed by atoms with van der Waals surface area (Å²) in [7, 11) is 3.93. The summed E-state index contributed by atoms with van der Waals surface area (Å²) in [4.78, 5) is 18.1. The van der Waals surface area contributed by atoms with Crippen LogP contribution in [-0.2, 0) is 17.8 Å². The Balaban J connectivity index is 1.28. The Hall–Kier alpha value is -4.02. The first kappa shape index (κ1) is 29.1. The molecule has 2 aromatic carbocycles. The number of fused-ring (bicyclic) bond motifs is 1. The number of carbonyl (C=O) groups excluding carboxylic acids is 1. The van der Waals surface area contributed by atoms with Gasteiger partial charge < -0.3 is 26.2 Å². The molecule has 43 heavy (non-hydrogen) atoms. The first-order valence-electron chi connectivity index (χ1n) is 15.1. The van der Waals surface area contributed by atoms with Crippen LogP contribution in [0, 0.1) is 10.8 Å². The molecule has 228 valence electrons. The van der Waals surface area contributed by atoms with E-state index in [0.717, 1.165) is 58.7 Å². The average molecular weight is 585 g/mol. The van der Waals surface area contributed by atoms with E-state index in [2.05, 4.69) is 40.1 Å². The van der Waals surface area contributed by atoms with E-state index in [-0.39, 0.29) is 6.09 Å². The number of anilines is 2. The van der Waals surface area contributed by atoms with Crippen LogP contribution in [-0.4, -0.2) is 59.6 Å². The van der Waals surface area contributed by atoms with Crippen molar-refractivity contribution >= 4 is 40.3 Å². The zero-order valence-corrected chi connectivity index (χ0v) is 26.0. The van der Waals surface area contributed by atoms with Gasteiger partial charge in [0, 0.05) is 73.2 Å². The van der Waals surface area contributed by atoms with Gasteiger partial charge in [-0.25, -0.2) is 9.36 Å². The van der Waals surface area contributed by atoms with E-state index in [0.29, 0.717) is 23.2 Å². The van der Waals surface area contributed by atoms with Gasteiger partial charge in [-0.3, -0.25) is 9.91 Å². The van der Waals surface area contributed by atoms with Gasteiger partial charge in [0.2, 0.25) is 0 Å². The highest BCUT2D eigenvalue weighted by atomic mass is 16.6. The van der Waals surface area contributed by atoms with E-state index in [1.807, 2.05) is 63.1 Å². The van der Waals surface area contributed by atoms with E-state index < -0.39 is 5.60 Å². The van der Waals surface area contributed by atoms with Gasteiger partial charge in [-0.15, -0.1) is 5.53 Å². The standard InChI is InChI=1S/C33H44N8O2/c1-32(2,3)43-31(42)41-25(19-39-12-11-33(21-39)9-6-10-33)14-23-8-7-22(13-30(23)41)18-40-20-29(36-37-40)26-15-24(38(4)5)16-28(35)27(26)17-34/h7-8,13-17,20,34,36-37H,6,9-12,18-19,21,35H2,1-5H3. The van der Waals surface area contributed by atoms with Gasteiger partial charge in [-0.05, 0) is 81.8 Å². The SMILES string of the molecule is CN(C)c1cc(N)c(C=N)c(C2=CN(Cc3ccc4cc(CN5CCC6(CCC6)C5)n(C(=O)OC(C)(C)C)c4c3)NN2)c1. The monoisotopic (exact) mass is 584 g/mol. The number of nitrogens with one attached hydrogen (secondary N) is 3. The van der Waals surface area contributed by atoms with Crippen molar-refractivity contribution in [1.82, 2.24) is 25.4 Å². The third-order valence-electron chi connectivity index (χ3n) is 8.96. The van der Waals surface area contributed by atoms with Gasteiger partial charge in [0.25, 0.3) is 0 Å². The summed E-state index contributed by atoms with van der Waals surface area (Å²) in [5.41, 5.74) is 19.4. The number of rotatable bonds is 7. The summed E-state index contributed by atoms with van der Waals surface area (Å²) in [5, 5.41) is 10.9. The Morgan fingerprint density at radius 3 is 2.58 bits per heavy atom. The Morgan fingerprint density at radius 2 is 1.93 bits per heavy atom. The van der Waals surface area contributed by atoms with Crippen LogP contribution in [0.1, 0.15) is 68.8 Å². The number of likely N-dealkylation sites (tertiary alicyclic amines) is 1. The first-order valence-corrected chi connectivity index (χ1v) is 15.1. The molecule has 0 bridgehead atoms. The quantitative estimate of drug-likeness (QED) is 0.219. The maximum absolute atomic E-state index is 13.6. The van der Waals surface area contributed by atoms with Crippen LogP contribution in [0.15, 0.2) is 42.6 Å². The lowest BCUT2D eigenvalue weighted by Gasteiger charge is -2.38. The molecule has 0 unspecified atom stereocenters. The van der Waals surface area contributed by atoms with E-state index in [9.17, 15) is 4.79 Å². The molecule has 10 heteroatoms. The van der Waals surface area contributed by atoms with Crippen LogP contribution in [0.25, 0.3) is 16.6 Å². The lowest BCUT2D eigenvalue weighted by molar-refractivity contribution is 0.0536. The van der Waals surface area contributed by atoms with Crippen LogP contribution < -0.4 is 21.6 Å². The van der Waals surface area contributed by atoms with Crippen molar-refractivity contribution in [2.75, 3.05) is 37.8 Å². The van der Waals surface area contributed by atoms with Crippen molar-refractivity contribution < 1.29 is 9.53 Å². The fraction of sp³-hybridized carbons (Fsp3) is 0.455. The van der Waals surface area contributed by atoms with Crippen molar-refractivity contribution in [1.29, 1.82) is 5.41 Å². The largest absolute Gasteiger partial charge is 0.443 e. The molecule has 1 saturated carbocycles. The Morgan fingerprint density at radius 1 is 1.14 bits per heavy atom. The molecule has 0 amide bonds. The first-order chi connectivity index (χ1) is 20.4. The van der Waals surface area contributed by atoms with Crippen LogP contribution in [0.5, 0.6) is 0 Å². The van der Waals surface area contributed by atoms with Gasteiger partial charge in [0.15, 0.2) is 0 Å². The van der Waals surface area contributed by atoms with Crippen molar-refractivity contribution in [3.05, 3.63) is 65.0 Å². The maximum Gasteiger partial charge on any atom is 0.419 e. The third-order valence-corrected chi connectivity index (χ3v) is 8.96. The lowest BCUT2D eigenvalue weighted by Crippen LogP contribution is -2.35. The van der Waals surface area contributed by atoms with Gasteiger partial charge in [0.05, 0.1) is 17.8 Å². The topological polar surface area (TPSA) is 115 Å². The Bertz CT molecular complexity index is 1590. The summed E-state index contributed by atoms with van der Waals surface area (Å²) in [5.74, 6) is 0. The Labute approximate surface area is 253 Å². The second-order valence-electron chi connectivity index (χ2n) is 13.6. The molecular formula is C33H44N8O2. The summed E-state index contributed by atoms with van der Waals surface area (Å²) in [6, 6.07) is 12.3. The van der Waals surface area contributed by atoms with Gasteiger partial charge >= 0.3 is 6.09 Å². The predicted molar refractivity (Wildman–Crippen MR) is 173 cm³/mol. The molecule has 6 rings (SSSR count). The van der Waals surface area contributed by atoms with Gasteiger partial charge in [0.1, 0.15) is 5.60 Å². The van der Waals surface area contributed by atoms with Gasteiger partial charge in [-0.2, -0.15) is 0 Å². The second-order valence-corrected chi connectivity index (χ2v) is 13.6. The van der Waals surface area contributed by atoms with Crippen LogP contribution in [0.3, 0.4) is 0 Å². The number of nitrogens with zero attached hydrogens (tertiary/aromatic N) is 4. The molecule has 2 fully saturated rings. The van der Waals surface area contributed by atoms with Crippen molar-refractivity contribution in [3.63, 3.8) is 0 Å². The molecule has 2 aliphatic heterocycles. The van der Waals surface area contributed by atoms with E-state index in [4.69, 9.17) is 15.9 Å². The van der Waals surface area contributed by atoms with Crippen LogP contribution in [0.4, 0.5) is 16.2 Å². The molecule has 1 aromatic heterocycles. The predicted octanol–water partition coefficient (Wildman–Crippen LogP) is 5.27. The smallest absolute Gasteiger partial charge is 0.419 e. The maximum atomic E-state index is 13.6. The average Bonchev–Trinajstić information content (AvgIpc) is 3.64. The van der Waals surface area contributed by atoms with Crippen LogP contribution >= 0.6 is 0 Å². The van der Waals surface area contributed by atoms with Crippen molar-refractivity contribution in [2.24, 2.45) is 5.41 Å². The number of benzene rings is 2. The highest BCUT2D eigenvalue weighted by Gasteiger charge is 2.42. The molecule has 5 N–H and O–H groups in total. The minimum Gasteiger partial charge on any atom is -0.443 e. The van der Waals surface area contributed by atoms with Crippen LogP contribution in [0.2, 0.25) is 0 Å². The fourth-order valence-corrected chi connectivity index (χ4v) is 6.59. The molecule has 10 nitrogen and oxygen atoms in total. The number of hydrogen-bond donors (Lipinski definition) is 4. The van der Waals surface area contributed by atoms with E-state index in [1.165, 1.54) is 31.9 Å². The zero-order chi connectivity index (χ0) is 30.5. The molecule has 3 aromatic rings. The van der Waals surface area contributed by atoms with E-state index in [1.54, 1.807) is 4.57 Å². The summed E-state index contributed by atoms with van der Waals surface area (Å²) in [6.45, 7) is 9.20. The minimum absolute atomic E-state index is 0.340. The van der Waals surface area contributed by atoms with Crippen molar-refractivity contribution in [3.8, 4) is 0 Å². The summed E-state index contributed by atoms with van der Waals surface area (Å²) in [6.07, 6.45) is 8.18. The minimum atomic E-state index is -0.596. The molecule has 1 spiro atoms.